The van der Waals surface area contributed by atoms with Crippen LogP contribution >= 0.6 is 0 Å². The summed E-state index contributed by atoms with van der Waals surface area (Å²) >= 11 is 0. The van der Waals surface area contributed by atoms with E-state index in [9.17, 15) is 13.2 Å². The molecule has 0 aromatic heterocycles. The monoisotopic (exact) mass is 270 g/mol. The molecular weight excluding hydrogens is 257 g/mol. The molecule has 6 heteroatoms. The van der Waals surface area contributed by atoms with E-state index in [4.69, 9.17) is 10.00 Å². The number of benzene rings is 1. The van der Waals surface area contributed by atoms with Crippen molar-refractivity contribution in [3.8, 4) is 6.07 Å². The Morgan fingerprint density at radius 2 is 2.16 bits per heavy atom. The van der Waals surface area contributed by atoms with Gasteiger partial charge in [0.1, 0.15) is 6.07 Å². The molecule has 0 N–H and O–H groups in total. The van der Waals surface area contributed by atoms with Crippen molar-refractivity contribution in [2.45, 2.75) is 19.2 Å². The van der Waals surface area contributed by atoms with E-state index in [0.29, 0.717) is 25.4 Å². The van der Waals surface area contributed by atoms with Gasteiger partial charge in [0.15, 0.2) is 0 Å². The normalized spacial score (nSPS) is 20.2. The maximum atomic E-state index is 12.6. The van der Waals surface area contributed by atoms with Crippen molar-refractivity contribution < 1.29 is 17.9 Å². The van der Waals surface area contributed by atoms with Gasteiger partial charge in [-0.05, 0) is 25.1 Å². The third-order valence-electron chi connectivity index (χ3n) is 3.03. The summed E-state index contributed by atoms with van der Waals surface area (Å²) in [6.07, 6.45) is -4.43. The lowest BCUT2D eigenvalue weighted by atomic mass is 10.1. The summed E-state index contributed by atoms with van der Waals surface area (Å²) in [6.45, 7) is 3.54. The van der Waals surface area contributed by atoms with Gasteiger partial charge in [-0.1, -0.05) is 0 Å². The number of anilines is 1. The van der Waals surface area contributed by atoms with Crippen LogP contribution < -0.4 is 4.90 Å². The van der Waals surface area contributed by atoms with Crippen molar-refractivity contribution >= 4 is 5.69 Å². The van der Waals surface area contributed by atoms with Gasteiger partial charge in [-0.15, -0.1) is 0 Å². The molecule has 0 saturated carbocycles. The number of halogens is 3. The first-order chi connectivity index (χ1) is 8.91. The largest absolute Gasteiger partial charge is 0.416 e. The summed E-state index contributed by atoms with van der Waals surface area (Å²) in [5, 5.41) is 9.03. The Bertz CT molecular complexity index is 508. The van der Waals surface area contributed by atoms with Crippen LogP contribution in [-0.4, -0.2) is 25.8 Å². The van der Waals surface area contributed by atoms with Crippen LogP contribution in [0.1, 0.15) is 18.1 Å². The highest BCUT2D eigenvalue weighted by molar-refractivity contribution is 5.61. The van der Waals surface area contributed by atoms with Crippen LogP contribution in [0.15, 0.2) is 18.2 Å². The van der Waals surface area contributed by atoms with Gasteiger partial charge in [-0.2, -0.15) is 18.4 Å². The van der Waals surface area contributed by atoms with Crippen LogP contribution in [0, 0.1) is 11.3 Å². The Labute approximate surface area is 109 Å². The molecule has 1 aliphatic rings. The van der Waals surface area contributed by atoms with E-state index in [0.717, 1.165) is 12.1 Å². The molecule has 0 spiro atoms. The molecule has 0 bridgehead atoms. The fourth-order valence-electron chi connectivity index (χ4n) is 2.11. The summed E-state index contributed by atoms with van der Waals surface area (Å²) < 4.78 is 43.2. The summed E-state index contributed by atoms with van der Waals surface area (Å²) in [6, 6.07) is 5.11. The molecule has 1 aromatic rings. The number of rotatable bonds is 1. The predicted molar refractivity (Wildman–Crippen MR) is 63.8 cm³/mol. The molecule has 1 aliphatic heterocycles. The lowest BCUT2D eigenvalue weighted by molar-refractivity contribution is -0.137. The highest BCUT2D eigenvalue weighted by Crippen LogP contribution is 2.33. The van der Waals surface area contributed by atoms with Gasteiger partial charge in [0.2, 0.25) is 0 Å². The molecule has 1 saturated heterocycles. The van der Waals surface area contributed by atoms with Gasteiger partial charge in [0.25, 0.3) is 0 Å². The lowest BCUT2D eigenvalue weighted by Gasteiger charge is -2.33. The average molecular weight is 270 g/mol. The van der Waals surface area contributed by atoms with Gasteiger partial charge in [0, 0.05) is 13.1 Å². The molecule has 2 rings (SSSR count). The molecule has 102 valence electrons. The Hall–Kier alpha value is -1.74. The molecule has 1 atom stereocenters. The van der Waals surface area contributed by atoms with E-state index in [-0.39, 0.29) is 11.7 Å². The maximum absolute atomic E-state index is 12.6. The molecule has 0 aliphatic carbocycles. The highest BCUT2D eigenvalue weighted by atomic mass is 19.4. The van der Waals surface area contributed by atoms with Crippen molar-refractivity contribution in [2.75, 3.05) is 24.6 Å². The minimum Gasteiger partial charge on any atom is -0.375 e. The molecule has 1 unspecified atom stereocenters. The fraction of sp³-hybridized carbons (Fsp3) is 0.462. The SMILES string of the molecule is CC1CN(c2ccc(C(F)(F)F)cc2C#N)CCO1. The van der Waals surface area contributed by atoms with Crippen LogP contribution in [0.3, 0.4) is 0 Å². The molecule has 0 amide bonds. The number of alkyl halides is 3. The first-order valence-electron chi connectivity index (χ1n) is 5.89. The van der Waals surface area contributed by atoms with Gasteiger partial charge in [-0.3, -0.25) is 0 Å². The molecular formula is C13H13F3N2O. The van der Waals surface area contributed by atoms with Crippen LogP contribution in [0.25, 0.3) is 0 Å². The Morgan fingerprint density at radius 1 is 1.42 bits per heavy atom. The van der Waals surface area contributed by atoms with E-state index in [1.54, 1.807) is 0 Å². The molecule has 3 nitrogen and oxygen atoms in total. The summed E-state index contributed by atoms with van der Waals surface area (Å²) in [4.78, 5) is 1.88. The van der Waals surface area contributed by atoms with Gasteiger partial charge < -0.3 is 9.64 Å². The van der Waals surface area contributed by atoms with Crippen molar-refractivity contribution in [3.05, 3.63) is 29.3 Å². The minimum absolute atomic E-state index is 0.00239. The van der Waals surface area contributed by atoms with E-state index in [1.807, 2.05) is 17.9 Å². The van der Waals surface area contributed by atoms with Crippen LogP contribution in [0.4, 0.5) is 18.9 Å². The van der Waals surface area contributed by atoms with Crippen molar-refractivity contribution in [1.82, 2.24) is 0 Å². The smallest absolute Gasteiger partial charge is 0.375 e. The Kier molecular flexibility index (Phi) is 3.67. The van der Waals surface area contributed by atoms with Crippen LogP contribution in [-0.2, 0) is 10.9 Å². The van der Waals surface area contributed by atoms with E-state index in [2.05, 4.69) is 0 Å². The zero-order chi connectivity index (χ0) is 14.0. The standard InChI is InChI=1S/C13H13F3N2O/c1-9-8-18(4-5-19-9)12-3-2-11(13(14,15)16)6-10(12)7-17/h2-3,6,9H,4-5,8H2,1H3. The summed E-state index contributed by atoms with van der Waals surface area (Å²) in [5.41, 5.74) is -0.219. The second-order valence-electron chi connectivity index (χ2n) is 4.47. The van der Waals surface area contributed by atoms with Gasteiger partial charge in [-0.25, -0.2) is 0 Å². The predicted octanol–water partition coefficient (Wildman–Crippen LogP) is 2.80. The van der Waals surface area contributed by atoms with Crippen molar-refractivity contribution in [2.24, 2.45) is 0 Å². The average Bonchev–Trinajstić information content (AvgIpc) is 2.37. The third-order valence-corrected chi connectivity index (χ3v) is 3.03. The van der Waals surface area contributed by atoms with E-state index in [1.165, 1.54) is 6.07 Å². The topological polar surface area (TPSA) is 36.3 Å². The summed E-state index contributed by atoms with van der Waals surface area (Å²) in [5.74, 6) is 0. The van der Waals surface area contributed by atoms with Crippen molar-refractivity contribution in [3.63, 3.8) is 0 Å². The molecule has 1 heterocycles. The number of nitrogens with zero attached hydrogens (tertiary/aromatic N) is 2. The Morgan fingerprint density at radius 3 is 2.74 bits per heavy atom. The third kappa shape index (κ3) is 2.99. The number of ether oxygens (including phenoxy) is 1. The minimum atomic E-state index is -4.43. The molecule has 1 fully saturated rings. The number of morpholine rings is 1. The van der Waals surface area contributed by atoms with Crippen molar-refractivity contribution in [1.29, 1.82) is 5.26 Å². The Balaban J connectivity index is 2.34. The zero-order valence-electron chi connectivity index (χ0n) is 10.4. The highest BCUT2D eigenvalue weighted by Gasteiger charge is 2.31. The first-order valence-corrected chi connectivity index (χ1v) is 5.89. The maximum Gasteiger partial charge on any atom is 0.416 e. The van der Waals surface area contributed by atoms with Gasteiger partial charge in [0.05, 0.1) is 29.5 Å². The van der Waals surface area contributed by atoms with Crippen LogP contribution in [0.2, 0.25) is 0 Å². The molecule has 0 radical (unpaired) electrons. The summed E-state index contributed by atoms with van der Waals surface area (Å²) in [7, 11) is 0. The quantitative estimate of drug-likeness (QED) is 0.787. The number of hydrogen-bond acceptors (Lipinski definition) is 3. The van der Waals surface area contributed by atoms with E-state index < -0.39 is 11.7 Å². The van der Waals surface area contributed by atoms with Gasteiger partial charge >= 0.3 is 6.18 Å². The number of hydrogen-bond donors (Lipinski definition) is 0. The second kappa shape index (κ2) is 5.10. The zero-order valence-corrected chi connectivity index (χ0v) is 10.4. The van der Waals surface area contributed by atoms with E-state index >= 15 is 0 Å². The molecule has 19 heavy (non-hydrogen) atoms. The lowest BCUT2D eigenvalue weighted by Crippen LogP contribution is -2.41. The molecule has 1 aromatic carbocycles. The number of nitriles is 1. The first kappa shape index (κ1) is 13.7. The fourth-order valence-corrected chi connectivity index (χ4v) is 2.11. The van der Waals surface area contributed by atoms with Crippen LogP contribution in [0.5, 0.6) is 0 Å². The second-order valence-corrected chi connectivity index (χ2v) is 4.47.